The van der Waals surface area contributed by atoms with Crippen LogP contribution in [0.15, 0.2) is 12.1 Å². The summed E-state index contributed by atoms with van der Waals surface area (Å²) < 4.78 is 5.54. The van der Waals surface area contributed by atoms with Gasteiger partial charge in [-0.2, -0.15) is 0 Å². The van der Waals surface area contributed by atoms with Gasteiger partial charge < -0.3 is 15.8 Å². The summed E-state index contributed by atoms with van der Waals surface area (Å²) in [5.74, 6) is 0.687. The number of ether oxygens (including phenoxy) is 1. The number of benzene rings is 1. The second kappa shape index (κ2) is 7.58. The van der Waals surface area contributed by atoms with Gasteiger partial charge in [-0.1, -0.05) is 23.2 Å². The predicted molar refractivity (Wildman–Crippen MR) is 90.4 cm³/mol. The van der Waals surface area contributed by atoms with E-state index in [0.29, 0.717) is 21.4 Å². The number of rotatable bonds is 5. The summed E-state index contributed by atoms with van der Waals surface area (Å²) in [4.78, 5) is 12.2. The minimum atomic E-state index is -0.208. The molecule has 2 unspecified atom stereocenters. The summed E-state index contributed by atoms with van der Waals surface area (Å²) in [6, 6.07) is 3.12. The summed E-state index contributed by atoms with van der Waals surface area (Å²) in [7, 11) is 0. The van der Waals surface area contributed by atoms with Gasteiger partial charge in [0.2, 0.25) is 5.91 Å². The monoisotopic (exact) mass is 348 g/mol. The topological polar surface area (TPSA) is 64.3 Å². The fourth-order valence-electron chi connectivity index (χ4n) is 2.05. The highest BCUT2D eigenvalue weighted by molar-refractivity contribution is 8.00. The van der Waals surface area contributed by atoms with Gasteiger partial charge in [0.05, 0.1) is 27.8 Å². The maximum Gasteiger partial charge on any atom is 0.237 e. The molecule has 0 bridgehead atoms. The van der Waals surface area contributed by atoms with Crippen LogP contribution in [0.3, 0.4) is 0 Å². The number of thioether (sulfide) groups is 1. The summed E-state index contributed by atoms with van der Waals surface area (Å²) in [5, 5.41) is 3.34. The number of hydrogen-bond donors (Lipinski definition) is 2. The third kappa shape index (κ3) is 4.68. The molecule has 1 aliphatic rings. The van der Waals surface area contributed by atoms with Gasteiger partial charge in [-0.15, -0.1) is 11.8 Å². The summed E-state index contributed by atoms with van der Waals surface area (Å²) in [6.45, 7) is 2.68. The highest BCUT2D eigenvalue weighted by Gasteiger charge is 2.21. The molecule has 116 valence electrons. The van der Waals surface area contributed by atoms with Crippen LogP contribution in [-0.4, -0.2) is 29.6 Å². The molecule has 0 spiro atoms. The van der Waals surface area contributed by atoms with E-state index < -0.39 is 0 Å². The van der Waals surface area contributed by atoms with E-state index in [9.17, 15) is 4.79 Å². The lowest BCUT2D eigenvalue weighted by atomic mass is 10.2. The number of anilines is 2. The van der Waals surface area contributed by atoms with Crippen LogP contribution in [0, 0.1) is 0 Å². The maximum atomic E-state index is 12.2. The van der Waals surface area contributed by atoms with Crippen LogP contribution < -0.4 is 11.1 Å². The molecule has 7 heteroatoms. The lowest BCUT2D eigenvalue weighted by molar-refractivity contribution is -0.115. The molecule has 1 aliphatic heterocycles. The van der Waals surface area contributed by atoms with Gasteiger partial charge in [0, 0.05) is 17.4 Å². The van der Waals surface area contributed by atoms with E-state index in [-0.39, 0.29) is 17.3 Å². The first-order chi connectivity index (χ1) is 9.97. The fraction of sp³-hybridized carbons (Fsp3) is 0.500. The third-order valence-electron chi connectivity index (χ3n) is 3.26. The van der Waals surface area contributed by atoms with Crippen LogP contribution in [0.5, 0.6) is 0 Å². The molecular formula is C14H18Cl2N2O2S. The van der Waals surface area contributed by atoms with Gasteiger partial charge in [-0.3, -0.25) is 4.79 Å². The zero-order valence-corrected chi connectivity index (χ0v) is 14.0. The minimum Gasteiger partial charge on any atom is -0.397 e. The predicted octanol–water partition coefficient (Wildman–Crippen LogP) is 3.81. The van der Waals surface area contributed by atoms with Crippen LogP contribution in [0.4, 0.5) is 11.4 Å². The highest BCUT2D eigenvalue weighted by Crippen LogP contribution is 2.32. The minimum absolute atomic E-state index is 0.131. The number of nitrogens with two attached hydrogens (primary N) is 1. The fourth-order valence-corrected chi connectivity index (χ4v) is 3.59. The maximum absolute atomic E-state index is 12.2. The Bertz CT molecular complexity index is 499. The van der Waals surface area contributed by atoms with Crippen LogP contribution in [-0.2, 0) is 9.53 Å². The third-order valence-corrected chi connectivity index (χ3v) is 5.05. The average Bonchev–Trinajstić information content (AvgIpc) is 2.93. The van der Waals surface area contributed by atoms with Crippen molar-refractivity contribution < 1.29 is 9.53 Å². The first-order valence-corrected chi connectivity index (χ1v) is 8.56. The Morgan fingerprint density at radius 3 is 2.95 bits per heavy atom. The average molecular weight is 349 g/mol. The zero-order chi connectivity index (χ0) is 15.4. The quantitative estimate of drug-likeness (QED) is 0.794. The standard InChI is InChI=1S/C14H18Cl2N2O2S/c1-8(21-7-10-3-2-4-20-10)14(19)18-13-11(16)5-9(15)6-12(13)17/h5-6,8,10H,2-4,7,17H2,1H3,(H,18,19). The van der Waals surface area contributed by atoms with E-state index in [1.165, 1.54) is 0 Å². The van der Waals surface area contributed by atoms with E-state index >= 15 is 0 Å². The molecule has 1 aromatic carbocycles. The Labute approximate surface area is 138 Å². The van der Waals surface area contributed by atoms with Gasteiger partial charge >= 0.3 is 0 Å². The van der Waals surface area contributed by atoms with Crippen molar-refractivity contribution in [3.8, 4) is 0 Å². The number of nitrogens with one attached hydrogen (secondary N) is 1. The first-order valence-electron chi connectivity index (χ1n) is 6.76. The molecule has 1 aromatic rings. The molecule has 1 fully saturated rings. The Balaban J connectivity index is 1.91. The van der Waals surface area contributed by atoms with Gasteiger partial charge in [0.1, 0.15) is 0 Å². The molecule has 4 nitrogen and oxygen atoms in total. The molecule has 21 heavy (non-hydrogen) atoms. The van der Waals surface area contributed by atoms with E-state index in [4.69, 9.17) is 33.7 Å². The molecule has 0 radical (unpaired) electrons. The number of nitrogen functional groups attached to an aromatic ring is 1. The van der Waals surface area contributed by atoms with Crippen molar-refractivity contribution in [2.24, 2.45) is 0 Å². The van der Waals surface area contributed by atoms with Gasteiger partial charge in [0.15, 0.2) is 0 Å². The van der Waals surface area contributed by atoms with Crippen molar-refractivity contribution in [2.75, 3.05) is 23.4 Å². The molecular weight excluding hydrogens is 331 g/mol. The van der Waals surface area contributed by atoms with E-state index in [1.54, 1.807) is 23.9 Å². The molecule has 2 atom stereocenters. The number of hydrogen-bond acceptors (Lipinski definition) is 4. The molecule has 1 saturated heterocycles. The molecule has 0 aliphatic carbocycles. The zero-order valence-electron chi connectivity index (χ0n) is 11.7. The molecule has 1 heterocycles. The van der Waals surface area contributed by atoms with Gasteiger partial charge in [-0.25, -0.2) is 0 Å². The van der Waals surface area contributed by atoms with Gasteiger partial charge in [0.25, 0.3) is 0 Å². The number of carbonyl (C=O) groups is 1. The lowest BCUT2D eigenvalue weighted by Gasteiger charge is -2.16. The largest absolute Gasteiger partial charge is 0.397 e. The van der Waals surface area contributed by atoms with Gasteiger partial charge in [-0.05, 0) is 31.9 Å². The SMILES string of the molecule is CC(SCC1CCCO1)C(=O)Nc1c(N)cc(Cl)cc1Cl. The normalized spacial score (nSPS) is 19.5. The van der Waals surface area contributed by atoms with E-state index in [1.807, 2.05) is 6.92 Å². The molecule has 1 amide bonds. The van der Waals surface area contributed by atoms with E-state index in [0.717, 1.165) is 25.2 Å². The number of carbonyl (C=O) groups excluding carboxylic acids is 1. The van der Waals surface area contributed by atoms with Crippen LogP contribution in [0.1, 0.15) is 19.8 Å². The Hall–Kier alpha value is -0.620. The summed E-state index contributed by atoms with van der Waals surface area (Å²) >= 11 is 13.5. The molecule has 3 N–H and O–H groups in total. The van der Waals surface area contributed by atoms with Crippen LogP contribution in [0.2, 0.25) is 10.0 Å². The highest BCUT2D eigenvalue weighted by atomic mass is 35.5. The Morgan fingerprint density at radius 1 is 1.57 bits per heavy atom. The molecule has 0 saturated carbocycles. The summed E-state index contributed by atoms with van der Waals surface area (Å²) in [6.07, 6.45) is 2.43. The Morgan fingerprint density at radius 2 is 2.33 bits per heavy atom. The number of halogens is 2. The first kappa shape index (κ1) is 16.7. The second-order valence-electron chi connectivity index (χ2n) is 4.95. The van der Waals surface area contributed by atoms with Crippen LogP contribution in [0.25, 0.3) is 0 Å². The van der Waals surface area contributed by atoms with Crippen molar-refractivity contribution >= 4 is 52.2 Å². The van der Waals surface area contributed by atoms with E-state index in [2.05, 4.69) is 5.32 Å². The number of amides is 1. The van der Waals surface area contributed by atoms with Crippen molar-refractivity contribution in [3.63, 3.8) is 0 Å². The second-order valence-corrected chi connectivity index (χ2v) is 7.17. The lowest BCUT2D eigenvalue weighted by Crippen LogP contribution is -2.25. The smallest absolute Gasteiger partial charge is 0.237 e. The van der Waals surface area contributed by atoms with Crippen molar-refractivity contribution in [2.45, 2.75) is 31.1 Å². The summed E-state index contributed by atoms with van der Waals surface area (Å²) in [5.41, 5.74) is 6.60. The van der Waals surface area contributed by atoms with Crippen molar-refractivity contribution in [3.05, 3.63) is 22.2 Å². The van der Waals surface area contributed by atoms with Crippen molar-refractivity contribution in [1.82, 2.24) is 0 Å². The van der Waals surface area contributed by atoms with Crippen LogP contribution >= 0.6 is 35.0 Å². The molecule has 2 rings (SSSR count). The Kier molecular flexibility index (Phi) is 6.05. The molecule has 0 aromatic heterocycles. The van der Waals surface area contributed by atoms with Crippen molar-refractivity contribution in [1.29, 1.82) is 0 Å².